The highest BCUT2D eigenvalue weighted by atomic mass is 32.1. The van der Waals surface area contributed by atoms with E-state index in [2.05, 4.69) is 15.4 Å². The van der Waals surface area contributed by atoms with Gasteiger partial charge in [0.2, 0.25) is 0 Å². The average molecular weight is 322 g/mol. The number of ether oxygens (including phenoxy) is 1. The third-order valence-corrected chi connectivity index (χ3v) is 3.88. The van der Waals surface area contributed by atoms with Gasteiger partial charge < -0.3 is 4.74 Å². The summed E-state index contributed by atoms with van der Waals surface area (Å²) in [5.74, 6) is -0.206. The number of nitrogens with zero attached hydrogens (tertiary/aromatic N) is 3. The van der Waals surface area contributed by atoms with Gasteiger partial charge in [-0.05, 0) is 40.7 Å². The third kappa shape index (κ3) is 3.72. The number of aromatic nitrogens is 3. The molecule has 0 bridgehead atoms. The van der Waals surface area contributed by atoms with Gasteiger partial charge in [0.1, 0.15) is 11.3 Å². The highest BCUT2D eigenvalue weighted by Gasteiger charge is 2.26. The molecule has 0 saturated heterocycles. The van der Waals surface area contributed by atoms with E-state index in [1.54, 1.807) is 16.9 Å². The van der Waals surface area contributed by atoms with Crippen molar-refractivity contribution in [3.05, 3.63) is 29.0 Å². The van der Waals surface area contributed by atoms with Gasteiger partial charge >= 0.3 is 0 Å². The minimum absolute atomic E-state index is 0.105. The summed E-state index contributed by atoms with van der Waals surface area (Å²) in [5, 5.41) is 9.38. The highest BCUT2D eigenvalue weighted by molar-refractivity contribution is 7.14. The van der Waals surface area contributed by atoms with Gasteiger partial charge in [0, 0.05) is 18.1 Å². The fraction of sp³-hybridized carbons (Fsp3) is 0.533. The number of carbonyl (C=O) groups is 1. The Morgan fingerprint density at radius 2 is 2.23 bits per heavy atom. The first kappa shape index (κ1) is 16.6. The van der Waals surface area contributed by atoms with Gasteiger partial charge in [-0.2, -0.15) is 5.10 Å². The van der Waals surface area contributed by atoms with Crippen molar-refractivity contribution in [2.45, 2.75) is 52.9 Å². The van der Waals surface area contributed by atoms with Crippen molar-refractivity contribution in [3.63, 3.8) is 0 Å². The van der Waals surface area contributed by atoms with Crippen LogP contribution in [0.3, 0.4) is 0 Å². The van der Waals surface area contributed by atoms with Gasteiger partial charge in [-0.3, -0.25) is 14.8 Å². The molecular formula is C15H22N4O2S. The molecule has 0 unspecified atom stereocenters. The lowest BCUT2D eigenvalue weighted by atomic mass is 10.1. The SMILES string of the molecule is CCn1nccc1C(=O)Nc1nc(C(C)(C)OC(C)C)cs1. The van der Waals surface area contributed by atoms with Gasteiger partial charge in [-0.15, -0.1) is 11.3 Å². The summed E-state index contributed by atoms with van der Waals surface area (Å²) in [6.45, 7) is 10.5. The molecule has 0 aromatic carbocycles. The lowest BCUT2D eigenvalue weighted by Crippen LogP contribution is -2.26. The summed E-state index contributed by atoms with van der Waals surface area (Å²) in [7, 11) is 0. The summed E-state index contributed by atoms with van der Waals surface area (Å²) < 4.78 is 7.52. The normalized spacial score (nSPS) is 11.9. The van der Waals surface area contributed by atoms with Crippen LogP contribution in [0.2, 0.25) is 0 Å². The zero-order valence-electron chi connectivity index (χ0n) is 13.6. The molecule has 2 rings (SSSR count). The molecular weight excluding hydrogens is 300 g/mol. The Hall–Kier alpha value is -1.73. The Balaban J connectivity index is 2.11. The predicted molar refractivity (Wildman–Crippen MR) is 87.2 cm³/mol. The fourth-order valence-corrected chi connectivity index (χ4v) is 3.06. The minimum Gasteiger partial charge on any atom is -0.367 e. The largest absolute Gasteiger partial charge is 0.367 e. The van der Waals surface area contributed by atoms with Crippen molar-refractivity contribution in [2.75, 3.05) is 5.32 Å². The van der Waals surface area contributed by atoms with Gasteiger partial charge in [-0.1, -0.05) is 0 Å². The van der Waals surface area contributed by atoms with E-state index in [1.165, 1.54) is 11.3 Å². The van der Waals surface area contributed by atoms with Crippen LogP contribution < -0.4 is 5.32 Å². The standard InChI is InChI=1S/C15H22N4O2S/c1-6-19-11(7-8-16-19)13(20)18-14-17-12(9-22-14)15(4,5)21-10(2)3/h7-10H,6H2,1-5H3,(H,17,18,20). The number of anilines is 1. The predicted octanol–water partition coefficient (Wildman–Crippen LogP) is 3.27. The second kappa shape index (κ2) is 6.58. The summed E-state index contributed by atoms with van der Waals surface area (Å²) in [4.78, 5) is 16.7. The van der Waals surface area contributed by atoms with Gasteiger partial charge in [0.15, 0.2) is 5.13 Å². The summed E-state index contributed by atoms with van der Waals surface area (Å²) in [6.07, 6.45) is 1.72. The quantitative estimate of drug-likeness (QED) is 0.886. The Morgan fingerprint density at radius 3 is 2.86 bits per heavy atom. The molecule has 0 fully saturated rings. The maximum atomic E-state index is 12.3. The zero-order chi connectivity index (χ0) is 16.3. The van der Waals surface area contributed by atoms with Crippen LogP contribution in [0, 0.1) is 0 Å². The molecule has 1 N–H and O–H groups in total. The average Bonchev–Trinajstić information content (AvgIpc) is 3.05. The number of amides is 1. The van der Waals surface area contributed by atoms with E-state index < -0.39 is 5.60 Å². The van der Waals surface area contributed by atoms with Crippen molar-refractivity contribution < 1.29 is 9.53 Å². The van der Waals surface area contributed by atoms with E-state index in [1.807, 2.05) is 40.0 Å². The van der Waals surface area contributed by atoms with E-state index in [-0.39, 0.29) is 12.0 Å². The van der Waals surface area contributed by atoms with Gasteiger partial charge in [0.25, 0.3) is 5.91 Å². The second-order valence-electron chi connectivity index (χ2n) is 5.70. The number of hydrogen-bond acceptors (Lipinski definition) is 5. The van der Waals surface area contributed by atoms with Crippen LogP contribution in [0.5, 0.6) is 0 Å². The molecule has 2 aromatic rings. The molecule has 7 heteroatoms. The fourth-order valence-electron chi connectivity index (χ4n) is 2.20. The third-order valence-electron chi connectivity index (χ3n) is 3.12. The molecule has 120 valence electrons. The molecule has 0 aliphatic carbocycles. The number of hydrogen-bond donors (Lipinski definition) is 1. The van der Waals surface area contributed by atoms with Crippen LogP contribution in [0.15, 0.2) is 17.6 Å². The van der Waals surface area contributed by atoms with Crippen LogP contribution >= 0.6 is 11.3 Å². The molecule has 2 heterocycles. The highest BCUT2D eigenvalue weighted by Crippen LogP contribution is 2.29. The van der Waals surface area contributed by atoms with Crippen molar-refractivity contribution in [2.24, 2.45) is 0 Å². The topological polar surface area (TPSA) is 69.0 Å². The van der Waals surface area contributed by atoms with Crippen LogP contribution in [-0.4, -0.2) is 26.8 Å². The van der Waals surface area contributed by atoms with Crippen LogP contribution in [0.1, 0.15) is 50.8 Å². The monoisotopic (exact) mass is 322 g/mol. The first-order valence-corrected chi connectivity index (χ1v) is 8.18. The van der Waals surface area contributed by atoms with Crippen LogP contribution in [0.4, 0.5) is 5.13 Å². The molecule has 0 aliphatic rings. The van der Waals surface area contributed by atoms with Crippen molar-refractivity contribution in [3.8, 4) is 0 Å². The Labute approximate surface area is 134 Å². The van der Waals surface area contributed by atoms with E-state index in [0.717, 1.165) is 5.69 Å². The molecule has 22 heavy (non-hydrogen) atoms. The number of aryl methyl sites for hydroxylation is 1. The molecule has 6 nitrogen and oxygen atoms in total. The molecule has 0 aliphatic heterocycles. The van der Waals surface area contributed by atoms with Crippen LogP contribution in [-0.2, 0) is 16.9 Å². The van der Waals surface area contributed by atoms with Gasteiger partial charge in [0.05, 0.1) is 11.8 Å². The smallest absolute Gasteiger partial charge is 0.275 e. The first-order chi connectivity index (χ1) is 10.3. The number of rotatable bonds is 6. The van der Waals surface area contributed by atoms with E-state index in [9.17, 15) is 4.79 Å². The van der Waals surface area contributed by atoms with Crippen molar-refractivity contribution >= 4 is 22.4 Å². The lowest BCUT2D eigenvalue weighted by Gasteiger charge is -2.25. The van der Waals surface area contributed by atoms with E-state index >= 15 is 0 Å². The van der Waals surface area contributed by atoms with Crippen molar-refractivity contribution in [1.82, 2.24) is 14.8 Å². The molecule has 2 aromatic heterocycles. The molecule has 0 radical (unpaired) electrons. The summed E-state index contributed by atoms with van der Waals surface area (Å²) in [5.41, 5.74) is 0.848. The second-order valence-corrected chi connectivity index (χ2v) is 6.56. The molecule has 0 spiro atoms. The van der Waals surface area contributed by atoms with Crippen molar-refractivity contribution in [1.29, 1.82) is 0 Å². The zero-order valence-corrected chi connectivity index (χ0v) is 14.4. The Kier molecular flexibility index (Phi) is 4.97. The molecule has 0 atom stereocenters. The van der Waals surface area contributed by atoms with E-state index in [0.29, 0.717) is 17.4 Å². The summed E-state index contributed by atoms with van der Waals surface area (Å²) >= 11 is 1.39. The van der Waals surface area contributed by atoms with Gasteiger partial charge in [-0.25, -0.2) is 4.98 Å². The number of thiazole rings is 1. The lowest BCUT2D eigenvalue weighted by molar-refractivity contribution is -0.0623. The van der Waals surface area contributed by atoms with Crippen LogP contribution in [0.25, 0.3) is 0 Å². The molecule has 0 saturated carbocycles. The van der Waals surface area contributed by atoms with E-state index in [4.69, 9.17) is 4.74 Å². The summed E-state index contributed by atoms with van der Waals surface area (Å²) in [6, 6.07) is 1.69. The molecule has 1 amide bonds. The number of carbonyl (C=O) groups excluding carboxylic acids is 1. The Bertz CT molecular complexity index is 646. The Morgan fingerprint density at radius 1 is 1.50 bits per heavy atom. The number of nitrogens with one attached hydrogen (secondary N) is 1. The maximum Gasteiger partial charge on any atom is 0.275 e. The maximum absolute atomic E-state index is 12.3. The minimum atomic E-state index is -0.487. The first-order valence-electron chi connectivity index (χ1n) is 7.30.